The highest BCUT2D eigenvalue weighted by atomic mass is 16.4. The first-order valence-corrected chi connectivity index (χ1v) is 6.64. The van der Waals surface area contributed by atoms with Crippen LogP contribution < -0.4 is 11.1 Å². The molecule has 0 bridgehead atoms. The lowest BCUT2D eigenvalue weighted by Gasteiger charge is -2.27. The van der Waals surface area contributed by atoms with Crippen molar-refractivity contribution >= 4 is 34.6 Å². The second-order valence-electron chi connectivity index (χ2n) is 5.07. The standard InChI is InChI=1S/C14H12N4O3/c15-14-17-11-9(21-14)5-4-7-10(11)13(20)18-6-2-1-3-8(18)12(19)16-7/h2,4-6,8H,1,3H2,(H2,15,17)(H,16,19)/t8-/m1/s1. The zero-order valence-electron chi connectivity index (χ0n) is 11.0. The van der Waals surface area contributed by atoms with E-state index >= 15 is 0 Å². The molecular formula is C14H12N4O3. The van der Waals surface area contributed by atoms with Gasteiger partial charge < -0.3 is 20.4 Å². The number of nitrogen functional groups attached to an aromatic ring is 1. The largest absolute Gasteiger partial charge is 0.424 e. The van der Waals surface area contributed by atoms with Crippen molar-refractivity contribution < 1.29 is 14.0 Å². The number of hydrogen-bond acceptors (Lipinski definition) is 5. The van der Waals surface area contributed by atoms with Crippen LogP contribution in [0.15, 0.2) is 28.8 Å². The number of oxazole rings is 1. The summed E-state index contributed by atoms with van der Waals surface area (Å²) in [7, 11) is 0. The first-order chi connectivity index (χ1) is 10.1. The number of rotatable bonds is 0. The molecule has 0 radical (unpaired) electrons. The predicted octanol–water partition coefficient (Wildman–Crippen LogP) is 1.48. The Kier molecular flexibility index (Phi) is 2.32. The molecule has 0 fully saturated rings. The van der Waals surface area contributed by atoms with Crippen LogP contribution in [0.4, 0.5) is 11.7 Å². The van der Waals surface area contributed by atoms with Gasteiger partial charge in [-0.15, -0.1) is 0 Å². The fraction of sp³-hybridized carbons (Fsp3) is 0.214. The number of carbonyl (C=O) groups is 2. The second-order valence-corrected chi connectivity index (χ2v) is 5.07. The molecule has 106 valence electrons. The van der Waals surface area contributed by atoms with E-state index in [1.165, 1.54) is 4.90 Å². The Hall–Kier alpha value is -2.83. The second kappa shape index (κ2) is 4.08. The molecule has 2 aliphatic heterocycles. The molecule has 0 spiro atoms. The normalized spacial score (nSPS) is 21.0. The summed E-state index contributed by atoms with van der Waals surface area (Å²) < 4.78 is 5.25. The maximum atomic E-state index is 12.8. The van der Waals surface area contributed by atoms with Crippen LogP contribution in [0.2, 0.25) is 0 Å². The minimum Gasteiger partial charge on any atom is -0.424 e. The third-order valence-corrected chi connectivity index (χ3v) is 3.79. The van der Waals surface area contributed by atoms with E-state index in [0.717, 1.165) is 6.42 Å². The van der Waals surface area contributed by atoms with Crippen molar-refractivity contribution in [3.05, 3.63) is 30.0 Å². The van der Waals surface area contributed by atoms with Crippen LogP contribution in [0.3, 0.4) is 0 Å². The molecular weight excluding hydrogens is 272 g/mol. The zero-order valence-corrected chi connectivity index (χ0v) is 11.0. The van der Waals surface area contributed by atoms with E-state index in [-0.39, 0.29) is 17.8 Å². The molecule has 1 aromatic carbocycles. The van der Waals surface area contributed by atoms with Crippen molar-refractivity contribution in [2.24, 2.45) is 0 Å². The van der Waals surface area contributed by atoms with Crippen molar-refractivity contribution in [3.63, 3.8) is 0 Å². The van der Waals surface area contributed by atoms with Crippen LogP contribution >= 0.6 is 0 Å². The summed E-state index contributed by atoms with van der Waals surface area (Å²) in [6.07, 6.45) is 4.91. The van der Waals surface area contributed by atoms with Gasteiger partial charge in [0.2, 0.25) is 5.91 Å². The highest BCUT2D eigenvalue weighted by Crippen LogP contribution is 2.33. The van der Waals surface area contributed by atoms with Gasteiger partial charge in [-0.05, 0) is 25.0 Å². The molecule has 0 saturated carbocycles. The van der Waals surface area contributed by atoms with Crippen molar-refractivity contribution in [1.29, 1.82) is 0 Å². The van der Waals surface area contributed by atoms with Crippen LogP contribution in [-0.2, 0) is 4.79 Å². The summed E-state index contributed by atoms with van der Waals surface area (Å²) in [6.45, 7) is 0. The molecule has 1 aromatic heterocycles. The van der Waals surface area contributed by atoms with Crippen LogP contribution in [0.1, 0.15) is 23.2 Å². The predicted molar refractivity (Wildman–Crippen MR) is 75.4 cm³/mol. The molecule has 0 saturated heterocycles. The lowest BCUT2D eigenvalue weighted by Crippen LogP contribution is -2.43. The maximum absolute atomic E-state index is 12.8. The molecule has 3 heterocycles. The molecule has 7 nitrogen and oxygen atoms in total. The summed E-state index contributed by atoms with van der Waals surface area (Å²) in [6, 6.07) is 2.78. The summed E-state index contributed by atoms with van der Waals surface area (Å²) in [4.78, 5) is 30.6. The van der Waals surface area contributed by atoms with E-state index in [0.29, 0.717) is 28.8 Å². The SMILES string of the molecule is Nc1nc2c3c(ccc2o1)NC(=O)[C@H]1CCC=CN1C3=O. The minimum atomic E-state index is -0.491. The average Bonchev–Trinajstić information content (AvgIpc) is 2.81. The molecule has 0 aliphatic carbocycles. The van der Waals surface area contributed by atoms with Crippen molar-refractivity contribution in [3.8, 4) is 0 Å². The van der Waals surface area contributed by atoms with Gasteiger partial charge in [0.1, 0.15) is 11.6 Å². The number of benzene rings is 1. The number of nitrogens with two attached hydrogens (primary N) is 1. The van der Waals surface area contributed by atoms with E-state index in [1.807, 2.05) is 6.08 Å². The number of fused-ring (bicyclic) bond motifs is 4. The number of hydrogen-bond donors (Lipinski definition) is 2. The van der Waals surface area contributed by atoms with Gasteiger partial charge in [0, 0.05) is 6.20 Å². The van der Waals surface area contributed by atoms with E-state index < -0.39 is 6.04 Å². The third kappa shape index (κ3) is 1.63. The molecule has 2 aromatic rings. The molecule has 0 unspecified atom stereocenters. The zero-order chi connectivity index (χ0) is 14.6. The molecule has 3 N–H and O–H groups in total. The topological polar surface area (TPSA) is 101 Å². The van der Waals surface area contributed by atoms with E-state index in [2.05, 4.69) is 10.3 Å². The average molecular weight is 284 g/mol. The van der Waals surface area contributed by atoms with Crippen LogP contribution in [0, 0.1) is 0 Å². The van der Waals surface area contributed by atoms with Crippen molar-refractivity contribution in [1.82, 2.24) is 9.88 Å². The molecule has 7 heteroatoms. The Bertz CT molecular complexity index is 808. The van der Waals surface area contributed by atoms with Gasteiger partial charge in [-0.3, -0.25) is 9.59 Å². The fourth-order valence-electron chi connectivity index (χ4n) is 2.83. The summed E-state index contributed by atoms with van der Waals surface area (Å²) in [5.74, 6) is -0.467. The minimum absolute atomic E-state index is 0.00694. The van der Waals surface area contributed by atoms with Crippen LogP contribution in [0.25, 0.3) is 11.1 Å². The quantitative estimate of drug-likeness (QED) is 0.763. The van der Waals surface area contributed by atoms with Gasteiger partial charge in [-0.1, -0.05) is 6.08 Å². The van der Waals surface area contributed by atoms with Gasteiger partial charge in [-0.2, -0.15) is 4.98 Å². The van der Waals surface area contributed by atoms with Gasteiger partial charge in [-0.25, -0.2) is 0 Å². The lowest BCUT2D eigenvalue weighted by atomic mass is 10.1. The Balaban J connectivity index is 1.98. The van der Waals surface area contributed by atoms with Crippen molar-refractivity contribution in [2.75, 3.05) is 11.1 Å². The summed E-state index contributed by atoms with van der Waals surface area (Å²) in [5, 5.41) is 2.80. The van der Waals surface area contributed by atoms with E-state index in [1.54, 1.807) is 18.3 Å². The Morgan fingerprint density at radius 3 is 3.10 bits per heavy atom. The van der Waals surface area contributed by atoms with E-state index in [4.69, 9.17) is 10.2 Å². The van der Waals surface area contributed by atoms with Crippen LogP contribution in [-0.4, -0.2) is 27.7 Å². The molecule has 4 rings (SSSR count). The van der Waals surface area contributed by atoms with Gasteiger partial charge in [0.05, 0.1) is 11.3 Å². The summed E-state index contributed by atoms with van der Waals surface area (Å²) >= 11 is 0. The number of carbonyl (C=O) groups excluding carboxylic acids is 2. The number of nitrogens with one attached hydrogen (secondary N) is 1. The number of aromatic nitrogens is 1. The van der Waals surface area contributed by atoms with E-state index in [9.17, 15) is 9.59 Å². The smallest absolute Gasteiger partial charge is 0.293 e. The van der Waals surface area contributed by atoms with Gasteiger partial charge >= 0.3 is 0 Å². The van der Waals surface area contributed by atoms with Gasteiger partial charge in [0.25, 0.3) is 11.9 Å². The fourth-order valence-corrected chi connectivity index (χ4v) is 2.83. The number of anilines is 2. The number of allylic oxidation sites excluding steroid dienone is 1. The van der Waals surface area contributed by atoms with Gasteiger partial charge in [0.15, 0.2) is 5.58 Å². The Labute approximate surface area is 119 Å². The highest BCUT2D eigenvalue weighted by molar-refractivity contribution is 6.16. The summed E-state index contributed by atoms with van der Waals surface area (Å²) in [5.41, 5.74) is 7.11. The Morgan fingerprint density at radius 1 is 1.38 bits per heavy atom. The Morgan fingerprint density at radius 2 is 2.24 bits per heavy atom. The number of nitrogens with zero attached hydrogens (tertiary/aromatic N) is 2. The maximum Gasteiger partial charge on any atom is 0.293 e. The number of amides is 2. The van der Waals surface area contributed by atoms with Crippen molar-refractivity contribution in [2.45, 2.75) is 18.9 Å². The monoisotopic (exact) mass is 284 g/mol. The first-order valence-electron chi connectivity index (χ1n) is 6.64. The first kappa shape index (κ1) is 12.0. The third-order valence-electron chi connectivity index (χ3n) is 3.79. The molecule has 2 amide bonds. The lowest BCUT2D eigenvalue weighted by molar-refractivity contribution is -0.120. The van der Waals surface area contributed by atoms with Crippen LogP contribution in [0.5, 0.6) is 0 Å². The highest BCUT2D eigenvalue weighted by Gasteiger charge is 2.36. The molecule has 2 aliphatic rings. The molecule has 21 heavy (non-hydrogen) atoms. The molecule has 1 atom stereocenters.